The molecule has 1 heteroatoms. The van der Waals surface area contributed by atoms with Crippen molar-refractivity contribution >= 4 is 0 Å². The Morgan fingerprint density at radius 2 is 2.08 bits per heavy atom. The van der Waals surface area contributed by atoms with Gasteiger partial charge >= 0.3 is 0 Å². The lowest BCUT2D eigenvalue weighted by atomic mass is 9.89. The van der Waals surface area contributed by atoms with Gasteiger partial charge in [0.05, 0.1) is 12.7 Å². The summed E-state index contributed by atoms with van der Waals surface area (Å²) in [6.45, 7) is 5.29. The van der Waals surface area contributed by atoms with Crippen molar-refractivity contribution in [3.63, 3.8) is 0 Å². The van der Waals surface area contributed by atoms with Gasteiger partial charge in [0.2, 0.25) is 0 Å². The first kappa shape index (κ1) is 8.55. The number of hydrogen-bond donors (Lipinski definition) is 0. The van der Waals surface area contributed by atoms with Crippen LogP contribution in [0.2, 0.25) is 0 Å². The summed E-state index contributed by atoms with van der Waals surface area (Å²) in [4.78, 5) is 0. The first-order valence-corrected chi connectivity index (χ1v) is 5.37. The zero-order valence-electron chi connectivity index (χ0n) is 8.25. The third kappa shape index (κ3) is 1.66. The average Bonchev–Trinajstić information content (AvgIpc) is 2.60. The highest BCUT2D eigenvalue weighted by Gasteiger charge is 2.39. The van der Waals surface area contributed by atoms with Crippen LogP contribution in [0.3, 0.4) is 0 Å². The van der Waals surface area contributed by atoms with Gasteiger partial charge in [-0.05, 0) is 50.9 Å². The van der Waals surface area contributed by atoms with Crippen molar-refractivity contribution in [1.82, 2.24) is 0 Å². The zero-order valence-corrected chi connectivity index (χ0v) is 8.25. The summed E-state index contributed by atoms with van der Waals surface area (Å²) in [6, 6.07) is 0. The molecular formula is C11H20O. The molecule has 2 bridgehead atoms. The number of hydrogen-bond acceptors (Lipinski definition) is 1. The van der Waals surface area contributed by atoms with Gasteiger partial charge in [-0.1, -0.05) is 6.42 Å². The molecule has 2 aliphatic rings. The molecule has 70 valence electrons. The van der Waals surface area contributed by atoms with Crippen LogP contribution < -0.4 is 0 Å². The fourth-order valence-corrected chi connectivity index (χ4v) is 2.90. The van der Waals surface area contributed by atoms with Crippen molar-refractivity contribution in [1.29, 1.82) is 0 Å². The van der Waals surface area contributed by atoms with E-state index in [-0.39, 0.29) is 0 Å². The number of ether oxygens (including phenoxy) is 1. The summed E-state index contributed by atoms with van der Waals surface area (Å²) in [7, 11) is 0. The van der Waals surface area contributed by atoms with E-state index < -0.39 is 0 Å². The Morgan fingerprint density at radius 1 is 1.25 bits per heavy atom. The monoisotopic (exact) mass is 168 g/mol. The molecule has 2 rings (SSSR count). The molecule has 0 saturated heterocycles. The Morgan fingerprint density at radius 3 is 2.58 bits per heavy atom. The van der Waals surface area contributed by atoms with Crippen LogP contribution in [-0.2, 0) is 4.74 Å². The first-order chi connectivity index (χ1) is 5.75. The first-order valence-electron chi connectivity index (χ1n) is 5.37. The number of fused-ring (bicyclic) bond motifs is 2. The topological polar surface area (TPSA) is 9.23 Å². The van der Waals surface area contributed by atoms with E-state index in [4.69, 9.17) is 4.74 Å². The quantitative estimate of drug-likeness (QED) is 0.629. The van der Waals surface area contributed by atoms with Gasteiger partial charge < -0.3 is 4.74 Å². The molecule has 3 atom stereocenters. The third-order valence-electron chi connectivity index (χ3n) is 3.53. The molecular weight excluding hydrogens is 148 g/mol. The van der Waals surface area contributed by atoms with E-state index in [9.17, 15) is 0 Å². The van der Waals surface area contributed by atoms with Crippen molar-refractivity contribution < 1.29 is 4.74 Å². The van der Waals surface area contributed by atoms with Crippen LogP contribution in [0, 0.1) is 17.8 Å². The summed E-state index contributed by atoms with van der Waals surface area (Å²) in [6.07, 6.45) is 6.37. The van der Waals surface area contributed by atoms with Gasteiger partial charge in [0.1, 0.15) is 0 Å². The predicted molar refractivity (Wildman–Crippen MR) is 50.0 cm³/mol. The maximum atomic E-state index is 5.68. The molecule has 0 aromatic carbocycles. The van der Waals surface area contributed by atoms with Crippen LogP contribution in [0.1, 0.15) is 39.5 Å². The van der Waals surface area contributed by atoms with Crippen molar-refractivity contribution in [2.45, 2.75) is 45.6 Å². The average molecular weight is 168 g/mol. The largest absolute Gasteiger partial charge is 0.378 e. The Balaban J connectivity index is 1.76. The lowest BCUT2D eigenvalue weighted by molar-refractivity contribution is 0.0363. The van der Waals surface area contributed by atoms with Gasteiger partial charge in [-0.15, -0.1) is 0 Å². The van der Waals surface area contributed by atoms with E-state index in [0.29, 0.717) is 6.10 Å². The highest BCUT2D eigenvalue weighted by Crippen LogP contribution is 2.48. The Kier molecular flexibility index (Phi) is 2.40. The second-order valence-electron chi connectivity index (χ2n) is 4.82. The van der Waals surface area contributed by atoms with Gasteiger partial charge in [0.15, 0.2) is 0 Å². The molecule has 0 aromatic heterocycles. The van der Waals surface area contributed by atoms with Gasteiger partial charge in [-0.25, -0.2) is 0 Å². The second kappa shape index (κ2) is 3.37. The molecule has 0 heterocycles. The molecule has 1 nitrogen and oxygen atoms in total. The maximum Gasteiger partial charge on any atom is 0.0519 e. The number of rotatable bonds is 3. The van der Waals surface area contributed by atoms with Crippen LogP contribution in [-0.4, -0.2) is 12.7 Å². The summed E-state index contributed by atoms with van der Waals surface area (Å²) in [5, 5.41) is 0. The molecule has 2 saturated carbocycles. The van der Waals surface area contributed by atoms with E-state index in [1.807, 2.05) is 0 Å². The molecule has 0 aromatic rings. The van der Waals surface area contributed by atoms with Crippen molar-refractivity contribution in [2.24, 2.45) is 17.8 Å². The summed E-state index contributed by atoms with van der Waals surface area (Å²) < 4.78 is 5.68. The smallest absolute Gasteiger partial charge is 0.0519 e. The molecule has 2 fully saturated rings. The molecule has 0 N–H and O–H groups in total. The SMILES string of the molecule is CC(C)OC[C@H]1C[C@@H]2CCC1C2. The Bertz CT molecular complexity index is 153. The minimum atomic E-state index is 0.420. The normalized spacial score (nSPS) is 39.8. The molecule has 12 heavy (non-hydrogen) atoms. The highest BCUT2D eigenvalue weighted by atomic mass is 16.5. The lowest BCUT2D eigenvalue weighted by Gasteiger charge is -2.22. The van der Waals surface area contributed by atoms with Crippen LogP contribution in [0.15, 0.2) is 0 Å². The van der Waals surface area contributed by atoms with E-state index in [0.717, 1.165) is 24.4 Å². The summed E-state index contributed by atoms with van der Waals surface area (Å²) in [5.74, 6) is 3.00. The van der Waals surface area contributed by atoms with Gasteiger partial charge in [0, 0.05) is 0 Å². The van der Waals surface area contributed by atoms with E-state index >= 15 is 0 Å². The lowest BCUT2D eigenvalue weighted by Crippen LogP contribution is -2.19. The Labute approximate surface area is 75.5 Å². The van der Waals surface area contributed by atoms with Crippen molar-refractivity contribution in [2.75, 3.05) is 6.61 Å². The molecule has 1 unspecified atom stereocenters. The van der Waals surface area contributed by atoms with E-state index in [1.54, 1.807) is 0 Å². The summed E-state index contributed by atoms with van der Waals surface area (Å²) in [5.41, 5.74) is 0. The molecule has 2 aliphatic carbocycles. The Hall–Kier alpha value is -0.0400. The van der Waals surface area contributed by atoms with Crippen molar-refractivity contribution in [3.8, 4) is 0 Å². The highest BCUT2D eigenvalue weighted by molar-refractivity contribution is 4.89. The molecule has 0 aliphatic heterocycles. The molecule has 0 spiro atoms. The molecule has 0 radical (unpaired) electrons. The zero-order chi connectivity index (χ0) is 8.55. The van der Waals surface area contributed by atoms with Crippen molar-refractivity contribution in [3.05, 3.63) is 0 Å². The maximum absolute atomic E-state index is 5.68. The standard InChI is InChI=1S/C11H20O/c1-8(2)12-7-11-6-9-3-4-10(11)5-9/h8-11H,3-7H2,1-2H3/t9-,10?,11-/m1/s1. The minimum absolute atomic E-state index is 0.420. The van der Waals surface area contributed by atoms with Crippen LogP contribution in [0.4, 0.5) is 0 Å². The third-order valence-corrected chi connectivity index (χ3v) is 3.53. The van der Waals surface area contributed by atoms with E-state index in [1.165, 1.54) is 25.7 Å². The van der Waals surface area contributed by atoms with Crippen LogP contribution in [0.5, 0.6) is 0 Å². The van der Waals surface area contributed by atoms with Crippen LogP contribution in [0.25, 0.3) is 0 Å². The fraction of sp³-hybridized carbons (Fsp3) is 1.00. The van der Waals surface area contributed by atoms with Crippen LogP contribution >= 0.6 is 0 Å². The fourth-order valence-electron chi connectivity index (χ4n) is 2.90. The molecule has 0 amide bonds. The van der Waals surface area contributed by atoms with Gasteiger partial charge in [-0.3, -0.25) is 0 Å². The van der Waals surface area contributed by atoms with Gasteiger partial charge in [0.25, 0.3) is 0 Å². The second-order valence-corrected chi connectivity index (χ2v) is 4.82. The minimum Gasteiger partial charge on any atom is -0.378 e. The van der Waals surface area contributed by atoms with Gasteiger partial charge in [-0.2, -0.15) is 0 Å². The van der Waals surface area contributed by atoms with E-state index in [2.05, 4.69) is 13.8 Å². The predicted octanol–water partition coefficient (Wildman–Crippen LogP) is 2.85. The summed E-state index contributed by atoms with van der Waals surface area (Å²) >= 11 is 0.